The van der Waals surface area contributed by atoms with Crippen molar-refractivity contribution in [2.24, 2.45) is 0 Å². The van der Waals surface area contributed by atoms with Crippen LogP contribution in [-0.2, 0) is 19.7 Å². The molecule has 4 nitrogen and oxygen atoms in total. The number of hydrogen-bond acceptors (Lipinski definition) is 3. The maximum atomic E-state index is 12.3. The topological polar surface area (TPSA) is 55.4 Å². The Morgan fingerprint density at radius 2 is 1.79 bits per heavy atom. The summed E-state index contributed by atoms with van der Waals surface area (Å²) in [4.78, 5) is 24.4. The Bertz CT molecular complexity index is 742. The first kappa shape index (κ1) is 18.4. The second-order valence-electron chi connectivity index (χ2n) is 6.07. The van der Waals surface area contributed by atoms with Crippen molar-refractivity contribution in [2.75, 3.05) is 11.9 Å². The molecule has 126 valence electrons. The lowest BCUT2D eigenvalue weighted by atomic mass is 9.85. The first-order chi connectivity index (χ1) is 11.3. The highest BCUT2D eigenvalue weighted by Crippen LogP contribution is 2.24. The van der Waals surface area contributed by atoms with Gasteiger partial charge >= 0.3 is 5.97 Å². The van der Waals surface area contributed by atoms with Gasteiger partial charge in [0.05, 0.1) is 5.41 Å². The number of carbonyl (C=O) groups excluding carboxylic acids is 2. The molecule has 0 heterocycles. The van der Waals surface area contributed by atoms with Gasteiger partial charge < -0.3 is 10.1 Å². The highest BCUT2D eigenvalue weighted by atomic mass is 127. The monoisotopic (exact) mass is 437 g/mol. The molecule has 0 aliphatic heterocycles. The van der Waals surface area contributed by atoms with E-state index in [1.54, 1.807) is 13.8 Å². The van der Waals surface area contributed by atoms with Crippen LogP contribution in [0.25, 0.3) is 0 Å². The molecule has 0 atom stereocenters. The second kappa shape index (κ2) is 7.79. The molecule has 0 fully saturated rings. The maximum Gasteiger partial charge on any atom is 0.316 e. The lowest BCUT2D eigenvalue weighted by Crippen LogP contribution is -2.33. The number of carbonyl (C=O) groups is 2. The van der Waals surface area contributed by atoms with E-state index in [9.17, 15) is 9.59 Å². The molecule has 0 radical (unpaired) electrons. The summed E-state index contributed by atoms with van der Waals surface area (Å²) in [5.41, 5.74) is 1.73. The average Bonchev–Trinajstić information content (AvgIpc) is 2.56. The van der Waals surface area contributed by atoms with E-state index in [2.05, 4.69) is 27.9 Å². The fourth-order valence-corrected chi connectivity index (χ4v) is 2.88. The van der Waals surface area contributed by atoms with Crippen LogP contribution in [0.2, 0.25) is 0 Å². The van der Waals surface area contributed by atoms with Crippen LogP contribution in [0.3, 0.4) is 0 Å². The molecule has 5 heteroatoms. The zero-order chi connectivity index (χ0) is 17.7. The maximum absolute atomic E-state index is 12.3. The number of amides is 1. The van der Waals surface area contributed by atoms with Gasteiger partial charge in [0.1, 0.15) is 0 Å². The van der Waals surface area contributed by atoms with Gasteiger partial charge in [-0.15, -0.1) is 0 Å². The van der Waals surface area contributed by atoms with Crippen LogP contribution in [0, 0.1) is 10.5 Å². The van der Waals surface area contributed by atoms with Crippen LogP contribution in [0.5, 0.6) is 0 Å². The molecule has 0 unspecified atom stereocenters. The Hall–Kier alpha value is -1.89. The zero-order valence-corrected chi connectivity index (χ0v) is 16.1. The minimum Gasteiger partial charge on any atom is -0.455 e. The van der Waals surface area contributed by atoms with E-state index in [-0.39, 0.29) is 12.5 Å². The van der Waals surface area contributed by atoms with Crippen molar-refractivity contribution in [3.63, 3.8) is 0 Å². The molecule has 0 aliphatic rings. The summed E-state index contributed by atoms with van der Waals surface area (Å²) in [5, 5.41) is 2.76. The van der Waals surface area contributed by atoms with Gasteiger partial charge in [0.25, 0.3) is 5.91 Å². The predicted molar refractivity (Wildman–Crippen MR) is 103 cm³/mol. The van der Waals surface area contributed by atoms with Gasteiger partial charge in [-0.25, -0.2) is 0 Å². The molecule has 0 aromatic heterocycles. The van der Waals surface area contributed by atoms with Crippen LogP contribution in [0.15, 0.2) is 48.5 Å². The third-order valence-electron chi connectivity index (χ3n) is 3.80. The fraction of sp³-hybridized carbons (Fsp3) is 0.263. The van der Waals surface area contributed by atoms with Crippen LogP contribution >= 0.6 is 22.6 Å². The van der Waals surface area contributed by atoms with Crippen LogP contribution in [0.1, 0.15) is 25.0 Å². The van der Waals surface area contributed by atoms with E-state index in [1.165, 1.54) is 0 Å². The summed E-state index contributed by atoms with van der Waals surface area (Å²) in [5.74, 6) is -0.778. The number of benzene rings is 2. The Morgan fingerprint density at radius 3 is 2.42 bits per heavy atom. The number of ether oxygens (including phenoxy) is 1. The summed E-state index contributed by atoms with van der Waals surface area (Å²) in [6.07, 6.45) is 0. The van der Waals surface area contributed by atoms with Crippen LogP contribution < -0.4 is 5.32 Å². The van der Waals surface area contributed by atoms with Crippen molar-refractivity contribution in [1.82, 2.24) is 0 Å². The van der Waals surface area contributed by atoms with E-state index in [0.717, 1.165) is 20.4 Å². The lowest BCUT2D eigenvalue weighted by molar-refractivity contribution is -0.152. The Labute approximate surface area is 155 Å². The standard InChI is InChI=1S/C19H20INO3/c1-13-11-15(20)9-10-16(13)21-17(22)12-24-18(23)19(2,3)14-7-5-4-6-8-14/h4-11H,12H2,1-3H3,(H,21,22). The SMILES string of the molecule is Cc1cc(I)ccc1NC(=O)COC(=O)C(C)(C)c1ccccc1. The van der Waals surface area contributed by atoms with Crippen molar-refractivity contribution < 1.29 is 14.3 Å². The van der Waals surface area contributed by atoms with Crippen LogP contribution in [-0.4, -0.2) is 18.5 Å². The Morgan fingerprint density at radius 1 is 1.12 bits per heavy atom. The molecule has 0 bridgehead atoms. The molecule has 0 saturated heterocycles. The van der Waals surface area contributed by atoms with Crippen molar-refractivity contribution in [2.45, 2.75) is 26.2 Å². The molecular weight excluding hydrogens is 417 g/mol. The van der Waals surface area contributed by atoms with Crippen molar-refractivity contribution >= 4 is 40.2 Å². The molecular formula is C19H20INO3. The van der Waals surface area contributed by atoms with Gasteiger partial charge in [0.15, 0.2) is 6.61 Å². The Kier molecular flexibility index (Phi) is 5.99. The highest BCUT2D eigenvalue weighted by Gasteiger charge is 2.31. The second-order valence-corrected chi connectivity index (χ2v) is 7.32. The third kappa shape index (κ3) is 4.56. The van der Waals surface area contributed by atoms with Gasteiger partial charge in [0.2, 0.25) is 0 Å². The first-order valence-electron chi connectivity index (χ1n) is 7.59. The van der Waals surface area contributed by atoms with Crippen molar-refractivity contribution in [3.05, 3.63) is 63.2 Å². The quantitative estimate of drug-likeness (QED) is 0.567. The third-order valence-corrected chi connectivity index (χ3v) is 4.47. The van der Waals surface area contributed by atoms with E-state index in [0.29, 0.717) is 0 Å². The van der Waals surface area contributed by atoms with E-state index < -0.39 is 11.4 Å². The zero-order valence-electron chi connectivity index (χ0n) is 13.9. The molecule has 2 aromatic rings. The van der Waals surface area contributed by atoms with Gasteiger partial charge in [-0.1, -0.05) is 30.3 Å². The first-order valence-corrected chi connectivity index (χ1v) is 8.67. The van der Waals surface area contributed by atoms with E-state index in [4.69, 9.17) is 4.74 Å². The normalized spacial score (nSPS) is 11.0. The predicted octanol–water partition coefficient (Wildman–Crippen LogP) is 4.06. The number of halogens is 1. The van der Waals surface area contributed by atoms with E-state index >= 15 is 0 Å². The number of aryl methyl sites for hydroxylation is 1. The average molecular weight is 437 g/mol. The summed E-state index contributed by atoms with van der Waals surface area (Å²) in [7, 11) is 0. The smallest absolute Gasteiger partial charge is 0.316 e. The molecule has 0 saturated carbocycles. The summed E-state index contributed by atoms with van der Waals surface area (Å²) < 4.78 is 6.30. The number of rotatable bonds is 5. The van der Waals surface area contributed by atoms with Crippen LogP contribution in [0.4, 0.5) is 5.69 Å². The lowest BCUT2D eigenvalue weighted by Gasteiger charge is -2.22. The van der Waals surface area contributed by atoms with Gasteiger partial charge in [-0.3, -0.25) is 9.59 Å². The molecule has 2 rings (SSSR count). The minimum absolute atomic E-state index is 0.305. The number of hydrogen-bond donors (Lipinski definition) is 1. The summed E-state index contributed by atoms with van der Waals surface area (Å²) in [6, 6.07) is 15.1. The molecule has 1 N–H and O–H groups in total. The number of nitrogens with one attached hydrogen (secondary N) is 1. The number of anilines is 1. The van der Waals surface area contributed by atoms with Gasteiger partial charge in [-0.05, 0) is 72.7 Å². The molecule has 0 spiro atoms. The molecule has 24 heavy (non-hydrogen) atoms. The van der Waals surface area contributed by atoms with Gasteiger partial charge in [0, 0.05) is 9.26 Å². The molecule has 0 aliphatic carbocycles. The highest BCUT2D eigenvalue weighted by molar-refractivity contribution is 14.1. The summed E-state index contributed by atoms with van der Waals surface area (Å²) in [6.45, 7) is 5.18. The van der Waals surface area contributed by atoms with Gasteiger partial charge in [-0.2, -0.15) is 0 Å². The fourth-order valence-electron chi connectivity index (χ4n) is 2.24. The van der Waals surface area contributed by atoms with E-state index in [1.807, 2.05) is 55.5 Å². The van der Waals surface area contributed by atoms with Crippen molar-refractivity contribution in [3.8, 4) is 0 Å². The Balaban J connectivity index is 1.95. The molecule has 1 amide bonds. The summed E-state index contributed by atoms with van der Waals surface area (Å²) >= 11 is 2.21. The van der Waals surface area contributed by atoms with Crippen molar-refractivity contribution in [1.29, 1.82) is 0 Å². The largest absolute Gasteiger partial charge is 0.455 e. The number of esters is 1. The molecule has 2 aromatic carbocycles. The minimum atomic E-state index is -0.805.